The molecule has 4 rings (SSSR count). The molecule has 0 bridgehead atoms. The highest BCUT2D eigenvalue weighted by molar-refractivity contribution is 6.06. The van der Waals surface area contributed by atoms with E-state index in [0.717, 1.165) is 41.5 Å². The van der Waals surface area contributed by atoms with Gasteiger partial charge in [-0.25, -0.2) is 0 Å². The number of aromatic amines is 1. The monoisotopic (exact) mass is 399 g/mol. The summed E-state index contributed by atoms with van der Waals surface area (Å²) in [4.78, 5) is 20.7. The van der Waals surface area contributed by atoms with Crippen LogP contribution in [0.15, 0.2) is 18.2 Å². The molecule has 2 aromatic rings. The van der Waals surface area contributed by atoms with Crippen molar-refractivity contribution in [1.29, 1.82) is 0 Å². The quantitative estimate of drug-likeness (QED) is 0.811. The van der Waals surface area contributed by atoms with Crippen LogP contribution >= 0.6 is 0 Å². The maximum Gasteiger partial charge on any atom is 0.255 e. The third kappa shape index (κ3) is 3.47. The van der Waals surface area contributed by atoms with Crippen LogP contribution in [0, 0.1) is 19.3 Å². The second-order valence-corrected chi connectivity index (χ2v) is 9.04. The number of likely N-dealkylation sites (N-methyl/N-ethyl adjacent to an activating group) is 1. The Morgan fingerprint density at radius 2 is 2.03 bits per heavy atom. The summed E-state index contributed by atoms with van der Waals surface area (Å²) in [5, 5.41) is 11.6. The second kappa shape index (κ2) is 7.74. The molecule has 1 aromatic carbocycles. The molecule has 1 aromatic heterocycles. The SMILES string of the molecule is Cc1[nH]c2c(C(=O)N3CCC4(CC3)[C@H](O)C[C@@H]4OCCN(C)C)cccc2c1C. The summed E-state index contributed by atoms with van der Waals surface area (Å²) in [6.45, 7) is 7.02. The van der Waals surface area contributed by atoms with Gasteiger partial charge >= 0.3 is 0 Å². The number of carbonyl (C=O) groups is 1. The van der Waals surface area contributed by atoms with Crippen molar-refractivity contribution in [2.45, 2.75) is 45.3 Å². The Kier molecular flexibility index (Phi) is 5.44. The molecule has 2 fully saturated rings. The van der Waals surface area contributed by atoms with Gasteiger partial charge in [0.1, 0.15) is 0 Å². The number of benzene rings is 1. The number of aliphatic hydroxyl groups excluding tert-OH is 1. The van der Waals surface area contributed by atoms with Crippen LogP contribution in [0.5, 0.6) is 0 Å². The van der Waals surface area contributed by atoms with Gasteiger partial charge in [0.15, 0.2) is 0 Å². The highest BCUT2D eigenvalue weighted by Crippen LogP contribution is 2.51. The predicted octanol–water partition coefficient (Wildman–Crippen LogP) is 2.72. The van der Waals surface area contributed by atoms with Crippen LogP contribution in [-0.4, -0.2) is 78.3 Å². The number of aromatic nitrogens is 1. The lowest BCUT2D eigenvalue weighted by Crippen LogP contribution is -2.63. The van der Waals surface area contributed by atoms with Crippen molar-refractivity contribution in [3.05, 3.63) is 35.0 Å². The van der Waals surface area contributed by atoms with Gasteiger partial charge in [-0.2, -0.15) is 0 Å². The van der Waals surface area contributed by atoms with E-state index in [0.29, 0.717) is 26.1 Å². The molecular formula is C23H33N3O3. The largest absolute Gasteiger partial charge is 0.392 e. The molecule has 1 aliphatic heterocycles. The number of piperidine rings is 1. The molecule has 29 heavy (non-hydrogen) atoms. The molecule has 0 unspecified atom stereocenters. The van der Waals surface area contributed by atoms with E-state index < -0.39 is 0 Å². The lowest BCUT2D eigenvalue weighted by molar-refractivity contribution is -0.209. The van der Waals surface area contributed by atoms with Crippen LogP contribution in [0.3, 0.4) is 0 Å². The molecule has 6 nitrogen and oxygen atoms in total. The number of ether oxygens (including phenoxy) is 1. The van der Waals surface area contributed by atoms with Gasteiger partial charge < -0.3 is 24.6 Å². The molecule has 2 aliphatic rings. The van der Waals surface area contributed by atoms with Gasteiger partial charge in [-0.1, -0.05) is 12.1 Å². The Labute approximate surface area is 172 Å². The molecule has 158 valence electrons. The van der Waals surface area contributed by atoms with Crippen molar-refractivity contribution in [3.63, 3.8) is 0 Å². The Morgan fingerprint density at radius 3 is 2.69 bits per heavy atom. The predicted molar refractivity (Wildman–Crippen MR) is 114 cm³/mol. The first-order valence-corrected chi connectivity index (χ1v) is 10.6. The number of aliphatic hydroxyl groups is 1. The summed E-state index contributed by atoms with van der Waals surface area (Å²) in [6.07, 6.45) is 2.09. The number of fused-ring (bicyclic) bond motifs is 1. The minimum Gasteiger partial charge on any atom is -0.392 e. The van der Waals surface area contributed by atoms with Crippen molar-refractivity contribution >= 4 is 16.8 Å². The standard InChI is InChI=1S/C23H33N3O3/c1-15-16(2)24-21-17(15)6-5-7-18(21)22(28)26-10-8-23(9-11-26)19(27)14-20(23)29-13-12-25(3)4/h5-7,19-20,24,27H,8-14H2,1-4H3/t19-,20+/m1/s1. The van der Waals surface area contributed by atoms with Crippen LogP contribution in [-0.2, 0) is 4.74 Å². The summed E-state index contributed by atoms with van der Waals surface area (Å²) in [5.41, 5.74) is 3.79. The second-order valence-electron chi connectivity index (χ2n) is 9.04. The molecule has 2 N–H and O–H groups in total. The molecule has 1 amide bonds. The fourth-order valence-corrected chi connectivity index (χ4v) is 4.95. The van der Waals surface area contributed by atoms with Gasteiger partial charge in [-0.15, -0.1) is 0 Å². The fraction of sp³-hybridized carbons (Fsp3) is 0.609. The summed E-state index contributed by atoms with van der Waals surface area (Å²) in [7, 11) is 4.07. The number of rotatable bonds is 5. The van der Waals surface area contributed by atoms with Crippen molar-refractivity contribution in [3.8, 4) is 0 Å². The zero-order valence-corrected chi connectivity index (χ0v) is 18.0. The van der Waals surface area contributed by atoms with E-state index in [1.165, 1.54) is 5.56 Å². The average molecular weight is 400 g/mol. The third-order valence-corrected chi connectivity index (χ3v) is 7.16. The topological polar surface area (TPSA) is 68.8 Å². The number of hydrogen-bond acceptors (Lipinski definition) is 4. The Bertz CT molecular complexity index is 896. The molecule has 6 heteroatoms. The van der Waals surface area contributed by atoms with Gasteiger partial charge in [0.2, 0.25) is 0 Å². The van der Waals surface area contributed by atoms with Crippen molar-refractivity contribution in [1.82, 2.24) is 14.8 Å². The Morgan fingerprint density at radius 1 is 1.31 bits per heavy atom. The van der Waals surface area contributed by atoms with Gasteiger partial charge in [0.05, 0.1) is 29.9 Å². The lowest BCUT2D eigenvalue weighted by atomic mass is 9.58. The van der Waals surface area contributed by atoms with Crippen LogP contribution < -0.4 is 0 Å². The summed E-state index contributed by atoms with van der Waals surface area (Å²) in [6, 6.07) is 5.94. The summed E-state index contributed by atoms with van der Waals surface area (Å²) < 4.78 is 6.10. The smallest absolute Gasteiger partial charge is 0.255 e. The fourth-order valence-electron chi connectivity index (χ4n) is 4.95. The molecule has 1 saturated heterocycles. The number of hydrogen-bond donors (Lipinski definition) is 2. The van der Waals surface area contributed by atoms with E-state index in [1.54, 1.807) is 0 Å². The minimum absolute atomic E-state index is 0.0746. The van der Waals surface area contributed by atoms with Gasteiger partial charge in [-0.05, 0) is 52.4 Å². The number of likely N-dealkylation sites (tertiary alicyclic amines) is 1. The van der Waals surface area contributed by atoms with E-state index in [-0.39, 0.29) is 23.5 Å². The number of amides is 1. The first kappa shape index (κ1) is 20.4. The Hall–Kier alpha value is -1.89. The van der Waals surface area contributed by atoms with E-state index in [4.69, 9.17) is 4.74 Å². The van der Waals surface area contributed by atoms with Crippen LogP contribution in [0.25, 0.3) is 10.9 Å². The lowest BCUT2D eigenvalue weighted by Gasteiger charge is -2.56. The summed E-state index contributed by atoms with van der Waals surface area (Å²) in [5.74, 6) is 0.0746. The number of aryl methyl sites for hydroxylation is 2. The molecule has 0 radical (unpaired) electrons. The van der Waals surface area contributed by atoms with Crippen LogP contribution in [0.2, 0.25) is 0 Å². The van der Waals surface area contributed by atoms with E-state index in [1.807, 2.05) is 38.1 Å². The number of nitrogens with zero attached hydrogens (tertiary/aromatic N) is 2. The first-order chi connectivity index (χ1) is 13.8. The average Bonchev–Trinajstić information content (AvgIpc) is 3.01. The Balaban J connectivity index is 1.44. The van der Waals surface area contributed by atoms with Gasteiger partial charge in [-0.3, -0.25) is 4.79 Å². The number of H-pyrrole nitrogens is 1. The molecule has 1 spiro atoms. The van der Waals surface area contributed by atoms with Crippen LogP contribution in [0.4, 0.5) is 0 Å². The summed E-state index contributed by atoms with van der Waals surface area (Å²) >= 11 is 0. The van der Waals surface area contributed by atoms with Crippen molar-refractivity contribution < 1.29 is 14.6 Å². The molecular weight excluding hydrogens is 366 g/mol. The maximum absolute atomic E-state index is 13.3. The zero-order valence-electron chi connectivity index (χ0n) is 18.0. The van der Waals surface area contributed by atoms with E-state index in [9.17, 15) is 9.90 Å². The van der Waals surface area contributed by atoms with Gasteiger partial charge in [0.25, 0.3) is 5.91 Å². The normalized spacial score (nSPS) is 23.7. The van der Waals surface area contributed by atoms with E-state index >= 15 is 0 Å². The number of para-hydroxylation sites is 1. The van der Waals surface area contributed by atoms with E-state index in [2.05, 4.69) is 22.9 Å². The number of nitrogens with one attached hydrogen (secondary N) is 1. The minimum atomic E-state index is -0.318. The first-order valence-electron chi connectivity index (χ1n) is 10.6. The van der Waals surface area contributed by atoms with Crippen molar-refractivity contribution in [2.75, 3.05) is 40.3 Å². The number of carbonyl (C=O) groups excluding carboxylic acids is 1. The maximum atomic E-state index is 13.3. The molecule has 1 saturated carbocycles. The zero-order chi connectivity index (χ0) is 20.8. The highest BCUT2D eigenvalue weighted by Gasteiger charge is 2.56. The molecule has 2 heterocycles. The third-order valence-electron chi connectivity index (χ3n) is 7.16. The van der Waals surface area contributed by atoms with Crippen LogP contribution in [0.1, 0.15) is 40.9 Å². The van der Waals surface area contributed by atoms with Gasteiger partial charge in [0, 0.05) is 42.6 Å². The molecule has 1 aliphatic carbocycles. The van der Waals surface area contributed by atoms with Crippen molar-refractivity contribution in [2.24, 2.45) is 5.41 Å². The highest BCUT2D eigenvalue weighted by atomic mass is 16.5. The molecule has 2 atom stereocenters.